The fourth-order valence-electron chi connectivity index (χ4n) is 5.45. The van der Waals surface area contributed by atoms with Gasteiger partial charge in [-0.1, -0.05) is 31.9 Å². The Morgan fingerprint density at radius 3 is 2.79 bits per heavy atom. The molecule has 4 heterocycles. The van der Waals surface area contributed by atoms with Gasteiger partial charge in [0.15, 0.2) is 0 Å². The van der Waals surface area contributed by atoms with Crippen molar-refractivity contribution in [2.45, 2.75) is 77.5 Å². The van der Waals surface area contributed by atoms with E-state index in [1.807, 2.05) is 16.9 Å². The Morgan fingerprint density at radius 1 is 1.15 bits per heavy atom. The van der Waals surface area contributed by atoms with Gasteiger partial charge in [-0.15, -0.1) is 0 Å². The average molecular weight is 486 g/mol. The van der Waals surface area contributed by atoms with E-state index in [1.54, 1.807) is 6.20 Å². The third-order valence-electron chi connectivity index (χ3n) is 7.18. The lowest BCUT2D eigenvalue weighted by molar-refractivity contribution is -0.131. The van der Waals surface area contributed by atoms with Crippen molar-refractivity contribution in [2.75, 3.05) is 11.9 Å². The van der Waals surface area contributed by atoms with Crippen LogP contribution >= 0.6 is 11.6 Å². The minimum Gasteiger partial charge on any atom is -0.368 e. The second-order valence-corrected chi connectivity index (χ2v) is 11.0. The van der Waals surface area contributed by atoms with E-state index in [0.717, 1.165) is 61.9 Å². The van der Waals surface area contributed by atoms with Gasteiger partial charge in [0.2, 0.25) is 11.8 Å². The maximum Gasteiger partial charge on any atom is 0.249 e. The molecule has 1 saturated carbocycles. The van der Waals surface area contributed by atoms with Crippen LogP contribution in [0.4, 0.5) is 5.82 Å². The van der Waals surface area contributed by atoms with Crippen molar-refractivity contribution < 1.29 is 14.3 Å². The molecule has 1 aliphatic carbocycles. The van der Waals surface area contributed by atoms with E-state index in [0.29, 0.717) is 23.9 Å². The Bertz CT molecular complexity index is 1090. The van der Waals surface area contributed by atoms with E-state index >= 15 is 0 Å². The number of pyridine rings is 1. The molecule has 9 heteroatoms. The Hall–Kier alpha value is -2.45. The van der Waals surface area contributed by atoms with Gasteiger partial charge in [0.25, 0.3) is 0 Å². The van der Waals surface area contributed by atoms with Crippen molar-refractivity contribution in [3.8, 4) is 11.1 Å². The van der Waals surface area contributed by atoms with Crippen LogP contribution < -0.4 is 10.6 Å². The lowest BCUT2D eigenvalue weighted by Gasteiger charge is -2.29. The summed E-state index contributed by atoms with van der Waals surface area (Å²) in [4.78, 5) is 29.8. The molecule has 2 fully saturated rings. The number of hydrogen-bond donors (Lipinski definition) is 2. The monoisotopic (exact) mass is 485 g/mol. The van der Waals surface area contributed by atoms with Gasteiger partial charge in [-0.3, -0.25) is 14.3 Å². The third kappa shape index (κ3) is 4.84. The topological polar surface area (TPSA) is 98.1 Å². The molecule has 1 saturated heterocycles. The van der Waals surface area contributed by atoms with Crippen molar-refractivity contribution >= 4 is 29.2 Å². The van der Waals surface area contributed by atoms with Crippen molar-refractivity contribution in [1.82, 2.24) is 20.1 Å². The zero-order chi connectivity index (χ0) is 23.9. The molecule has 0 unspecified atom stereocenters. The number of nitrogens with one attached hydrogen (secondary N) is 2. The van der Waals surface area contributed by atoms with Crippen LogP contribution in [0.15, 0.2) is 18.5 Å². The molecule has 3 aliphatic rings. The predicted octanol–water partition coefficient (Wildman–Crippen LogP) is 3.97. The number of carbonyl (C=O) groups is 2. The van der Waals surface area contributed by atoms with Gasteiger partial charge >= 0.3 is 0 Å². The standard InChI is InChI=1S/C25H32ClN5O3/c1-25(2)11-20-18(12-28-31(20)14-25)17-10-22(27-13-19(17)26)30-23(32)15-5-3-6-16(9-15)29-24(33)21-7-4-8-34-21/h10,12-13,15-16,21H,3-9,11,14H2,1-2H3,(H,29,33)(H,27,30,32)/t15-,16+,21-/m0/s1. The number of carbonyl (C=O) groups excluding carboxylic acids is 2. The SMILES string of the molecule is CC1(C)Cc2c(-c3cc(NC(=O)[C@H]4CCC[C@@H](NC(=O)[C@@H]5CCCO5)C4)ncc3Cl)cnn2C1. The molecule has 5 rings (SSSR count). The van der Waals surface area contributed by atoms with E-state index in [9.17, 15) is 9.59 Å². The van der Waals surface area contributed by atoms with Crippen LogP contribution in [-0.2, 0) is 27.3 Å². The van der Waals surface area contributed by atoms with Gasteiger partial charge in [-0.2, -0.15) is 5.10 Å². The number of nitrogens with zero attached hydrogens (tertiary/aromatic N) is 3. The molecule has 0 radical (unpaired) electrons. The Kier molecular flexibility index (Phi) is 6.37. The normalized spacial score (nSPS) is 25.7. The Labute approximate surface area is 204 Å². The highest BCUT2D eigenvalue weighted by Crippen LogP contribution is 2.39. The molecule has 2 aliphatic heterocycles. The Balaban J connectivity index is 1.25. The lowest BCUT2D eigenvalue weighted by atomic mass is 9.85. The first-order chi connectivity index (χ1) is 16.3. The van der Waals surface area contributed by atoms with Crippen LogP contribution in [0.1, 0.15) is 58.1 Å². The number of anilines is 1. The molecule has 2 aromatic rings. The molecule has 182 valence electrons. The molecular formula is C25H32ClN5O3. The van der Waals surface area contributed by atoms with Crippen molar-refractivity contribution in [3.05, 3.63) is 29.2 Å². The van der Waals surface area contributed by atoms with E-state index in [4.69, 9.17) is 16.3 Å². The molecule has 34 heavy (non-hydrogen) atoms. The van der Waals surface area contributed by atoms with E-state index in [-0.39, 0.29) is 35.3 Å². The largest absolute Gasteiger partial charge is 0.368 e. The Morgan fingerprint density at radius 2 is 2.00 bits per heavy atom. The number of rotatable bonds is 5. The predicted molar refractivity (Wildman–Crippen MR) is 129 cm³/mol. The molecule has 0 aromatic carbocycles. The summed E-state index contributed by atoms with van der Waals surface area (Å²) in [7, 11) is 0. The molecular weight excluding hydrogens is 454 g/mol. The summed E-state index contributed by atoms with van der Waals surface area (Å²) in [5.41, 5.74) is 3.14. The average Bonchev–Trinajstić information content (AvgIpc) is 3.52. The van der Waals surface area contributed by atoms with Gasteiger partial charge in [-0.25, -0.2) is 4.98 Å². The van der Waals surface area contributed by atoms with Crippen LogP contribution in [0.2, 0.25) is 5.02 Å². The second kappa shape index (κ2) is 9.30. The summed E-state index contributed by atoms with van der Waals surface area (Å²) in [5.74, 6) is 0.181. The minimum absolute atomic E-state index is 0.00621. The van der Waals surface area contributed by atoms with Crippen LogP contribution in [-0.4, -0.2) is 45.3 Å². The molecule has 2 amide bonds. The van der Waals surface area contributed by atoms with E-state index < -0.39 is 0 Å². The quantitative estimate of drug-likeness (QED) is 0.667. The van der Waals surface area contributed by atoms with E-state index in [2.05, 4.69) is 34.6 Å². The number of halogens is 1. The van der Waals surface area contributed by atoms with Crippen molar-refractivity contribution in [1.29, 1.82) is 0 Å². The molecule has 2 aromatic heterocycles. The number of hydrogen-bond acceptors (Lipinski definition) is 5. The zero-order valence-electron chi connectivity index (χ0n) is 19.8. The molecule has 2 N–H and O–H groups in total. The minimum atomic E-state index is -0.346. The number of fused-ring (bicyclic) bond motifs is 1. The maximum atomic E-state index is 13.1. The fourth-order valence-corrected chi connectivity index (χ4v) is 5.66. The van der Waals surface area contributed by atoms with Crippen LogP contribution in [0.5, 0.6) is 0 Å². The number of amides is 2. The van der Waals surface area contributed by atoms with Gasteiger partial charge in [0.1, 0.15) is 11.9 Å². The highest BCUT2D eigenvalue weighted by molar-refractivity contribution is 6.33. The van der Waals surface area contributed by atoms with Gasteiger partial charge in [0, 0.05) is 48.1 Å². The van der Waals surface area contributed by atoms with E-state index in [1.165, 1.54) is 0 Å². The summed E-state index contributed by atoms with van der Waals surface area (Å²) in [6.07, 6.45) is 8.89. The summed E-state index contributed by atoms with van der Waals surface area (Å²) >= 11 is 6.50. The summed E-state index contributed by atoms with van der Waals surface area (Å²) in [5, 5.41) is 11.1. The van der Waals surface area contributed by atoms with Crippen LogP contribution in [0.3, 0.4) is 0 Å². The van der Waals surface area contributed by atoms with Crippen molar-refractivity contribution in [3.63, 3.8) is 0 Å². The first-order valence-corrected chi connectivity index (χ1v) is 12.6. The third-order valence-corrected chi connectivity index (χ3v) is 7.48. The maximum absolute atomic E-state index is 13.1. The summed E-state index contributed by atoms with van der Waals surface area (Å²) in [6, 6.07) is 1.83. The molecule has 0 spiro atoms. The lowest BCUT2D eigenvalue weighted by Crippen LogP contribution is -2.44. The molecule has 8 nitrogen and oxygen atoms in total. The fraction of sp³-hybridized carbons (Fsp3) is 0.600. The van der Waals surface area contributed by atoms with Gasteiger partial charge in [-0.05, 0) is 50.0 Å². The highest BCUT2D eigenvalue weighted by Gasteiger charge is 2.33. The first-order valence-electron chi connectivity index (χ1n) is 12.2. The number of aromatic nitrogens is 3. The molecule has 0 bridgehead atoms. The van der Waals surface area contributed by atoms with Crippen LogP contribution in [0, 0.1) is 11.3 Å². The van der Waals surface area contributed by atoms with Crippen molar-refractivity contribution in [2.24, 2.45) is 11.3 Å². The smallest absolute Gasteiger partial charge is 0.249 e. The summed E-state index contributed by atoms with van der Waals surface area (Å²) in [6.45, 7) is 5.97. The van der Waals surface area contributed by atoms with Gasteiger partial charge < -0.3 is 15.4 Å². The zero-order valence-corrected chi connectivity index (χ0v) is 20.5. The van der Waals surface area contributed by atoms with Crippen LogP contribution in [0.25, 0.3) is 11.1 Å². The second-order valence-electron chi connectivity index (χ2n) is 10.6. The van der Waals surface area contributed by atoms with Gasteiger partial charge in [0.05, 0.1) is 11.2 Å². The number of ether oxygens (including phenoxy) is 1. The first kappa shape index (κ1) is 23.3. The molecule has 3 atom stereocenters. The summed E-state index contributed by atoms with van der Waals surface area (Å²) < 4.78 is 7.52. The highest BCUT2D eigenvalue weighted by atomic mass is 35.5.